The molecule has 134 valence electrons. The summed E-state index contributed by atoms with van der Waals surface area (Å²) in [6.45, 7) is 2.74. The van der Waals surface area contributed by atoms with Gasteiger partial charge in [0.05, 0.1) is 24.9 Å². The van der Waals surface area contributed by atoms with E-state index < -0.39 is 6.03 Å². The molecule has 0 saturated heterocycles. The van der Waals surface area contributed by atoms with Gasteiger partial charge in [0, 0.05) is 11.9 Å². The molecular weight excluding hydrogens is 340 g/mol. The van der Waals surface area contributed by atoms with Gasteiger partial charge in [0.25, 0.3) is 0 Å². The number of benzene rings is 1. The lowest BCUT2D eigenvalue weighted by atomic mass is 10.3. The number of methoxy groups -OCH3 is 1. The number of rotatable bonds is 8. The molecule has 2 aromatic rings. The second kappa shape index (κ2) is 9.63. The standard InChI is InChI=1S/C17H22N4O3S/c1-3-4-9-18-15(22)10-12-11-25-17(19-12)21-16(23)20-13-7-5-6-8-14(13)24-2/h5-8,11H,3-4,9-10H2,1-2H3,(H,18,22)(H2,19,20,21,23). The smallest absolute Gasteiger partial charge is 0.325 e. The van der Waals surface area contributed by atoms with Gasteiger partial charge < -0.3 is 15.4 Å². The fourth-order valence-electron chi connectivity index (χ4n) is 2.08. The first kappa shape index (κ1) is 18.7. The van der Waals surface area contributed by atoms with Crippen LogP contribution in [0.3, 0.4) is 0 Å². The van der Waals surface area contributed by atoms with Crippen molar-refractivity contribution in [1.29, 1.82) is 0 Å². The first-order chi connectivity index (χ1) is 12.1. The van der Waals surface area contributed by atoms with E-state index in [1.165, 1.54) is 18.4 Å². The van der Waals surface area contributed by atoms with Gasteiger partial charge in [0.15, 0.2) is 5.13 Å². The van der Waals surface area contributed by atoms with Crippen LogP contribution in [0.2, 0.25) is 0 Å². The Morgan fingerprint density at radius 3 is 2.80 bits per heavy atom. The van der Waals surface area contributed by atoms with E-state index in [0.717, 1.165) is 12.8 Å². The lowest BCUT2D eigenvalue weighted by Gasteiger charge is -2.09. The molecule has 2 rings (SSSR count). The van der Waals surface area contributed by atoms with E-state index in [1.807, 2.05) is 6.07 Å². The molecule has 1 aromatic heterocycles. The van der Waals surface area contributed by atoms with Gasteiger partial charge >= 0.3 is 6.03 Å². The molecule has 7 nitrogen and oxygen atoms in total. The van der Waals surface area contributed by atoms with Crippen molar-refractivity contribution < 1.29 is 14.3 Å². The predicted molar refractivity (Wildman–Crippen MR) is 99.4 cm³/mol. The number of ether oxygens (including phenoxy) is 1. The molecule has 1 heterocycles. The quantitative estimate of drug-likeness (QED) is 0.629. The number of unbranched alkanes of at least 4 members (excludes halogenated alkanes) is 1. The molecule has 25 heavy (non-hydrogen) atoms. The van der Waals surface area contributed by atoms with Crippen LogP contribution in [0.15, 0.2) is 29.6 Å². The van der Waals surface area contributed by atoms with Crippen LogP contribution in [-0.4, -0.2) is 30.6 Å². The first-order valence-electron chi connectivity index (χ1n) is 8.04. The largest absolute Gasteiger partial charge is 0.495 e. The van der Waals surface area contributed by atoms with Crippen molar-refractivity contribution in [1.82, 2.24) is 10.3 Å². The third-order valence-corrected chi connectivity index (χ3v) is 4.13. The fraction of sp³-hybridized carbons (Fsp3) is 0.353. The van der Waals surface area contributed by atoms with Gasteiger partial charge in [-0.05, 0) is 18.6 Å². The van der Waals surface area contributed by atoms with Crippen LogP contribution >= 0.6 is 11.3 Å². The Bertz CT molecular complexity index is 717. The molecule has 0 spiro atoms. The molecular formula is C17H22N4O3S. The Kier molecular flexibility index (Phi) is 7.21. The molecule has 0 fully saturated rings. The van der Waals surface area contributed by atoms with E-state index in [-0.39, 0.29) is 12.3 Å². The number of thiazole rings is 1. The average molecular weight is 362 g/mol. The Labute approximate surface area is 150 Å². The van der Waals surface area contributed by atoms with Crippen molar-refractivity contribution in [3.8, 4) is 5.75 Å². The number of anilines is 2. The number of nitrogens with one attached hydrogen (secondary N) is 3. The Morgan fingerprint density at radius 1 is 1.24 bits per heavy atom. The Hall–Kier alpha value is -2.61. The second-order valence-corrected chi connectivity index (χ2v) is 6.16. The summed E-state index contributed by atoms with van der Waals surface area (Å²) in [4.78, 5) is 28.1. The number of hydrogen-bond donors (Lipinski definition) is 3. The maximum Gasteiger partial charge on any atom is 0.325 e. The van der Waals surface area contributed by atoms with Gasteiger partial charge in [-0.2, -0.15) is 0 Å². The number of para-hydroxylation sites is 2. The van der Waals surface area contributed by atoms with Gasteiger partial charge in [-0.3, -0.25) is 10.1 Å². The van der Waals surface area contributed by atoms with Crippen LogP contribution in [-0.2, 0) is 11.2 Å². The number of amides is 3. The van der Waals surface area contributed by atoms with Crippen LogP contribution in [0.1, 0.15) is 25.5 Å². The van der Waals surface area contributed by atoms with Gasteiger partial charge in [-0.1, -0.05) is 25.5 Å². The Balaban J connectivity index is 1.86. The predicted octanol–water partition coefficient (Wildman–Crippen LogP) is 3.25. The van der Waals surface area contributed by atoms with E-state index in [1.54, 1.807) is 23.6 Å². The van der Waals surface area contributed by atoms with E-state index in [2.05, 4.69) is 27.9 Å². The van der Waals surface area contributed by atoms with Crippen molar-refractivity contribution in [3.05, 3.63) is 35.3 Å². The topological polar surface area (TPSA) is 92.4 Å². The highest BCUT2D eigenvalue weighted by atomic mass is 32.1. The normalized spacial score (nSPS) is 10.2. The number of carbonyl (C=O) groups excluding carboxylic acids is 2. The highest BCUT2D eigenvalue weighted by Gasteiger charge is 2.11. The number of nitrogens with zero attached hydrogens (tertiary/aromatic N) is 1. The number of aromatic nitrogens is 1. The maximum atomic E-state index is 12.1. The van der Waals surface area contributed by atoms with E-state index in [9.17, 15) is 9.59 Å². The van der Waals surface area contributed by atoms with Crippen molar-refractivity contribution in [2.75, 3.05) is 24.3 Å². The van der Waals surface area contributed by atoms with Crippen molar-refractivity contribution >= 4 is 34.1 Å². The fourth-order valence-corrected chi connectivity index (χ4v) is 2.78. The summed E-state index contributed by atoms with van der Waals surface area (Å²) < 4.78 is 5.18. The maximum absolute atomic E-state index is 12.1. The second-order valence-electron chi connectivity index (χ2n) is 5.30. The molecule has 3 N–H and O–H groups in total. The van der Waals surface area contributed by atoms with Crippen LogP contribution in [0.5, 0.6) is 5.75 Å². The molecule has 0 aliphatic carbocycles. The summed E-state index contributed by atoms with van der Waals surface area (Å²) in [5.41, 5.74) is 1.20. The van der Waals surface area contributed by atoms with E-state index >= 15 is 0 Å². The third-order valence-electron chi connectivity index (χ3n) is 3.32. The van der Waals surface area contributed by atoms with E-state index in [4.69, 9.17) is 4.74 Å². The zero-order valence-electron chi connectivity index (χ0n) is 14.3. The molecule has 0 radical (unpaired) electrons. The minimum atomic E-state index is -0.419. The summed E-state index contributed by atoms with van der Waals surface area (Å²) in [5.74, 6) is 0.505. The zero-order valence-corrected chi connectivity index (χ0v) is 15.1. The molecule has 0 bridgehead atoms. The van der Waals surface area contributed by atoms with Gasteiger partial charge in [-0.15, -0.1) is 11.3 Å². The molecule has 0 aliphatic heterocycles. The summed E-state index contributed by atoms with van der Waals surface area (Å²) in [6.07, 6.45) is 2.20. The van der Waals surface area contributed by atoms with Crippen molar-refractivity contribution in [3.63, 3.8) is 0 Å². The van der Waals surface area contributed by atoms with Gasteiger partial charge in [0.1, 0.15) is 5.75 Å². The molecule has 3 amide bonds. The van der Waals surface area contributed by atoms with Gasteiger partial charge in [-0.25, -0.2) is 9.78 Å². The molecule has 0 saturated carbocycles. The molecule has 8 heteroatoms. The SMILES string of the molecule is CCCCNC(=O)Cc1csc(NC(=O)Nc2ccccc2OC)n1. The molecule has 1 aromatic carbocycles. The minimum Gasteiger partial charge on any atom is -0.495 e. The summed E-state index contributed by atoms with van der Waals surface area (Å²) in [6, 6.07) is 6.70. The lowest BCUT2D eigenvalue weighted by molar-refractivity contribution is -0.120. The van der Waals surface area contributed by atoms with E-state index in [0.29, 0.717) is 28.8 Å². The van der Waals surface area contributed by atoms with Crippen molar-refractivity contribution in [2.45, 2.75) is 26.2 Å². The summed E-state index contributed by atoms with van der Waals surface area (Å²) in [7, 11) is 1.54. The number of hydrogen-bond acceptors (Lipinski definition) is 5. The van der Waals surface area contributed by atoms with Crippen LogP contribution in [0.4, 0.5) is 15.6 Å². The highest BCUT2D eigenvalue weighted by Crippen LogP contribution is 2.23. The lowest BCUT2D eigenvalue weighted by Crippen LogP contribution is -2.26. The number of urea groups is 1. The van der Waals surface area contributed by atoms with Crippen LogP contribution < -0.4 is 20.7 Å². The summed E-state index contributed by atoms with van der Waals surface area (Å²) >= 11 is 1.27. The van der Waals surface area contributed by atoms with Crippen LogP contribution in [0.25, 0.3) is 0 Å². The number of carbonyl (C=O) groups is 2. The highest BCUT2D eigenvalue weighted by molar-refractivity contribution is 7.14. The monoisotopic (exact) mass is 362 g/mol. The zero-order chi connectivity index (χ0) is 18.1. The average Bonchev–Trinajstić information content (AvgIpc) is 3.02. The first-order valence-corrected chi connectivity index (χ1v) is 8.92. The third kappa shape index (κ3) is 6.07. The van der Waals surface area contributed by atoms with Gasteiger partial charge in [0.2, 0.25) is 5.91 Å². The minimum absolute atomic E-state index is 0.0660. The molecule has 0 aliphatic rings. The summed E-state index contributed by atoms with van der Waals surface area (Å²) in [5, 5.41) is 10.4. The molecule has 0 unspecified atom stereocenters. The molecule has 0 atom stereocenters. The Morgan fingerprint density at radius 2 is 2.04 bits per heavy atom. The van der Waals surface area contributed by atoms with Crippen molar-refractivity contribution in [2.24, 2.45) is 0 Å². The van der Waals surface area contributed by atoms with Crippen LogP contribution in [0, 0.1) is 0 Å².